The molecule has 106 valence electrons. The monoisotopic (exact) mass is 336 g/mol. The molecule has 3 aromatic heterocycles. The van der Waals surface area contributed by atoms with Crippen LogP contribution in [-0.2, 0) is 6.54 Å². The summed E-state index contributed by atoms with van der Waals surface area (Å²) in [6.45, 7) is 0.439. The van der Waals surface area contributed by atoms with Crippen molar-refractivity contribution in [2.75, 3.05) is 0 Å². The van der Waals surface area contributed by atoms with Gasteiger partial charge in [-0.1, -0.05) is 11.6 Å². The number of nitrogens with zero attached hydrogens (tertiary/aromatic N) is 3. The summed E-state index contributed by atoms with van der Waals surface area (Å²) in [5.41, 5.74) is 1.04. The Morgan fingerprint density at radius 2 is 2.24 bits per heavy atom. The van der Waals surface area contributed by atoms with Gasteiger partial charge < -0.3 is 5.32 Å². The summed E-state index contributed by atoms with van der Waals surface area (Å²) in [6.07, 6.45) is 4.81. The fraction of sp³-hybridized carbons (Fsp3) is 0.0769. The third-order valence-corrected chi connectivity index (χ3v) is 4.67. The van der Waals surface area contributed by atoms with Gasteiger partial charge in [-0.2, -0.15) is 0 Å². The van der Waals surface area contributed by atoms with Crippen molar-refractivity contribution >= 4 is 40.2 Å². The van der Waals surface area contributed by atoms with Crippen LogP contribution in [-0.4, -0.2) is 20.9 Å². The summed E-state index contributed by atoms with van der Waals surface area (Å²) in [5, 5.41) is 5.20. The Hall–Kier alpha value is -1.83. The topological polar surface area (TPSA) is 67.8 Å². The molecule has 0 aromatic carbocycles. The summed E-state index contributed by atoms with van der Waals surface area (Å²) in [4.78, 5) is 25.5. The minimum atomic E-state index is -0.217. The fourth-order valence-electron chi connectivity index (χ4n) is 1.61. The second-order valence-electron chi connectivity index (χ2n) is 4.02. The molecular formula is C13H9ClN4OS2. The lowest BCUT2D eigenvalue weighted by molar-refractivity contribution is 0.0947. The Morgan fingerprint density at radius 1 is 1.33 bits per heavy atom. The van der Waals surface area contributed by atoms with Crippen LogP contribution in [0.4, 0.5) is 0 Å². The molecule has 0 unspecified atom stereocenters. The first-order valence-electron chi connectivity index (χ1n) is 5.97. The number of carbonyl (C=O) groups excluding carboxylic acids is 1. The van der Waals surface area contributed by atoms with Crippen molar-refractivity contribution in [2.45, 2.75) is 6.54 Å². The van der Waals surface area contributed by atoms with Crippen molar-refractivity contribution in [3.05, 3.63) is 51.0 Å². The number of thiazole rings is 1. The number of rotatable bonds is 4. The van der Waals surface area contributed by atoms with Gasteiger partial charge in [0.2, 0.25) is 0 Å². The largest absolute Gasteiger partial charge is 0.346 e. The first-order valence-corrected chi connectivity index (χ1v) is 8.04. The van der Waals surface area contributed by atoms with Gasteiger partial charge in [0.1, 0.15) is 16.4 Å². The summed E-state index contributed by atoms with van der Waals surface area (Å²) in [6, 6.07) is 3.70. The molecule has 0 aliphatic heterocycles. The van der Waals surface area contributed by atoms with Crippen LogP contribution in [0.2, 0.25) is 4.34 Å². The Kier molecular flexibility index (Phi) is 4.23. The molecule has 0 radical (unpaired) electrons. The molecule has 1 amide bonds. The average Bonchev–Trinajstić information content (AvgIpc) is 3.15. The van der Waals surface area contributed by atoms with Crippen molar-refractivity contribution in [2.24, 2.45) is 0 Å². The zero-order valence-electron chi connectivity index (χ0n) is 10.6. The maximum atomic E-state index is 12.0. The molecule has 0 fully saturated rings. The maximum Gasteiger partial charge on any atom is 0.271 e. The molecule has 3 aromatic rings. The van der Waals surface area contributed by atoms with Gasteiger partial charge in [-0.3, -0.25) is 14.8 Å². The quantitative estimate of drug-likeness (QED) is 0.794. The minimum absolute atomic E-state index is 0.217. The van der Waals surface area contributed by atoms with Crippen LogP contribution in [0.1, 0.15) is 15.4 Å². The van der Waals surface area contributed by atoms with E-state index < -0.39 is 0 Å². The molecule has 3 heterocycles. The van der Waals surface area contributed by atoms with Crippen molar-refractivity contribution in [1.29, 1.82) is 0 Å². The normalized spacial score (nSPS) is 10.5. The third kappa shape index (κ3) is 3.44. The second kappa shape index (κ2) is 6.30. The molecule has 0 bridgehead atoms. The predicted octanol–water partition coefficient (Wildman–Crippen LogP) is 3.25. The molecule has 0 saturated heterocycles. The van der Waals surface area contributed by atoms with Gasteiger partial charge in [0.15, 0.2) is 0 Å². The van der Waals surface area contributed by atoms with Crippen molar-refractivity contribution < 1.29 is 4.79 Å². The van der Waals surface area contributed by atoms with Crippen LogP contribution < -0.4 is 5.32 Å². The molecule has 0 aliphatic carbocycles. The number of nitrogens with one attached hydrogen (secondary N) is 1. The van der Waals surface area contributed by atoms with E-state index in [9.17, 15) is 4.79 Å². The lowest BCUT2D eigenvalue weighted by Crippen LogP contribution is -2.22. The van der Waals surface area contributed by atoms with Gasteiger partial charge >= 0.3 is 0 Å². The highest BCUT2D eigenvalue weighted by Crippen LogP contribution is 2.22. The van der Waals surface area contributed by atoms with E-state index in [1.807, 2.05) is 12.1 Å². The van der Waals surface area contributed by atoms with E-state index in [4.69, 9.17) is 11.6 Å². The highest BCUT2D eigenvalue weighted by Gasteiger charge is 2.12. The molecule has 3 rings (SSSR count). The van der Waals surface area contributed by atoms with Gasteiger partial charge in [0, 0.05) is 22.7 Å². The number of hydrogen-bond donors (Lipinski definition) is 1. The zero-order valence-corrected chi connectivity index (χ0v) is 13.0. The van der Waals surface area contributed by atoms with Crippen LogP contribution in [0, 0.1) is 0 Å². The van der Waals surface area contributed by atoms with Crippen molar-refractivity contribution in [3.63, 3.8) is 0 Å². The number of hydrogen-bond acceptors (Lipinski definition) is 6. The summed E-state index contributed by atoms with van der Waals surface area (Å²) in [7, 11) is 0. The van der Waals surface area contributed by atoms with Crippen LogP contribution in [0.25, 0.3) is 10.7 Å². The number of halogens is 1. The molecule has 8 heteroatoms. The van der Waals surface area contributed by atoms with Gasteiger partial charge in [0.25, 0.3) is 5.91 Å². The first-order chi connectivity index (χ1) is 10.2. The Bertz CT molecular complexity index is 756. The van der Waals surface area contributed by atoms with E-state index in [2.05, 4.69) is 20.3 Å². The predicted molar refractivity (Wildman–Crippen MR) is 83.6 cm³/mol. The van der Waals surface area contributed by atoms with E-state index in [0.717, 1.165) is 4.88 Å². The van der Waals surface area contributed by atoms with E-state index in [0.29, 0.717) is 27.3 Å². The molecular weight excluding hydrogens is 328 g/mol. The van der Waals surface area contributed by atoms with Crippen LogP contribution in [0.3, 0.4) is 0 Å². The lowest BCUT2D eigenvalue weighted by atomic mass is 10.4. The number of thiophene rings is 1. The minimum Gasteiger partial charge on any atom is -0.346 e. The zero-order chi connectivity index (χ0) is 14.7. The van der Waals surface area contributed by atoms with E-state index in [-0.39, 0.29) is 5.91 Å². The van der Waals surface area contributed by atoms with Gasteiger partial charge in [0.05, 0.1) is 17.1 Å². The highest BCUT2D eigenvalue weighted by atomic mass is 35.5. The van der Waals surface area contributed by atoms with Crippen LogP contribution in [0.15, 0.2) is 36.1 Å². The molecule has 0 saturated carbocycles. The Morgan fingerprint density at radius 3 is 2.95 bits per heavy atom. The first kappa shape index (κ1) is 14.1. The molecule has 0 spiro atoms. The van der Waals surface area contributed by atoms with E-state index in [1.165, 1.54) is 22.7 Å². The summed E-state index contributed by atoms with van der Waals surface area (Å²) < 4.78 is 0.706. The highest BCUT2D eigenvalue weighted by molar-refractivity contribution is 7.16. The van der Waals surface area contributed by atoms with E-state index in [1.54, 1.807) is 24.0 Å². The van der Waals surface area contributed by atoms with Gasteiger partial charge in [-0.05, 0) is 12.1 Å². The van der Waals surface area contributed by atoms with Crippen LogP contribution >= 0.6 is 34.3 Å². The molecule has 1 N–H and O–H groups in total. The lowest BCUT2D eigenvalue weighted by Gasteiger charge is -2.00. The maximum absolute atomic E-state index is 12.0. The Labute approximate surface area is 133 Å². The van der Waals surface area contributed by atoms with E-state index >= 15 is 0 Å². The molecule has 0 aliphatic rings. The SMILES string of the molecule is O=C(NCc1ccc(Cl)s1)c1csc(-c2cnccn2)n1. The standard InChI is InChI=1S/C13H9ClN4OS2/c14-11-2-1-8(21-11)5-17-12(19)10-7-20-13(18-10)9-6-15-3-4-16-9/h1-4,6-7H,5H2,(H,17,19). The average molecular weight is 337 g/mol. The molecule has 0 atom stereocenters. The van der Waals surface area contributed by atoms with Gasteiger partial charge in [-0.25, -0.2) is 4.98 Å². The number of carbonyl (C=O) groups is 1. The number of aromatic nitrogens is 3. The number of amides is 1. The summed E-state index contributed by atoms with van der Waals surface area (Å²) >= 11 is 8.65. The fourth-order valence-corrected chi connectivity index (χ4v) is 3.40. The smallest absolute Gasteiger partial charge is 0.271 e. The van der Waals surface area contributed by atoms with Crippen molar-refractivity contribution in [3.8, 4) is 10.7 Å². The Balaban J connectivity index is 1.67. The summed E-state index contributed by atoms with van der Waals surface area (Å²) in [5.74, 6) is -0.217. The van der Waals surface area contributed by atoms with Gasteiger partial charge in [-0.15, -0.1) is 22.7 Å². The van der Waals surface area contributed by atoms with Crippen LogP contribution in [0.5, 0.6) is 0 Å². The molecule has 5 nitrogen and oxygen atoms in total. The van der Waals surface area contributed by atoms with Crippen molar-refractivity contribution in [1.82, 2.24) is 20.3 Å². The third-order valence-electron chi connectivity index (χ3n) is 2.57. The molecule has 21 heavy (non-hydrogen) atoms. The second-order valence-corrected chi connectivity index (χ2v) is 6.67.